The quantitative estimate of drug-likeness (QED) is 0.781. The lowest BCUT2D eigenvalue weighted by Gasteiger charge is -2.35. The van der Waals surface area contributed by atoms with E-state index in [1.807, 2.05) is 25.1 Å². The van der Waals surface area contributed by atoms with Gasteiger partial charge in [0.1, 0.15) is 24.0 Å². The lowest BCUT2D eigenvalue weighted by atomic mass is 10.2. The molecule has 0 amide bonds. The van der Waals surface area contributed by atoms with Crippen molar-refractivity contribution in [3.8, 4) is 11.4 Å². The van der Waals surface area contributed by atoms with Gasteiger partial charge < -0.3 is 9.64 Å². The molecule has 0 spiro atoms. The Morgan fingerprint density at radius 2 is 2.12 bits per heavy atom. The molecule has 3 aromatic rings. The maximum absolute atomic E-state index is 5.62. The molecule has 4 rings (SSSR count). The Hall–Kier alpha value is -2.87. The number of morpholine rings is 1. The molecular weight excluding hydrogens is 306 g/mol. The number of anilines is 1. The molecule has 1 aliphatic heterocycles. The second-order valence-electron chi connectivity index (χ2n) is 5.58. The van der Waals surface area contributed by atoms with Crippen LogP contribution >= 0.6 is 0 Å². The molecule has 8 nitrogen and oxygen atoms in total. The maximum atomic E-state index is 5.62. The van der Waals surface area contributed by atoms with E-state index in [-0.39, 0.29) is 6.04 Å². The number of nitrogens with zero attached hydrogens (tertiary/aromatic N) is 6. The molecule has 3 aromatic heterocycles. The minimum Gasteiger partial charge on any atom is -0.377 e. The van der Waals surface area contributed by atoms with E-state index in [0.29, 0.717) is 19.0 Å². The van der Waals surface area contributed by atoms with Gasteiger partial charge in [-0.05, 0) is 19.1 Å². The largest absolute Gasteiger partial charge is 0.377 e. The summed E-state index contributed by atoms with van der Waals surface area (Å²) in [6, 6.07) is 5.76. The van der Waals surface area contributed by atoms with Crippen LogP contribution in [0.4, 0.5) is 5.82 Å². The summed E-state index contributed by atoms with van der Waals surface area (Å²) in [6.07, 6.45) is 5.00. The summed E-state index contributed by atoms with van der Waals surface area (Å²) < 4.78 is 5.62. The third-order valence-electron chi connectivity index (χ3n) is 3.95. The highest BCUT2D eigenvalue weighted by atomic mass is 16.5. The number of nitrogens with one attached hydrogen (secondary N) is 1. The first-order chi connectivity index (χ1) is 11.8. The van der Waals surface area contributed by atoms with Crippen molar-refractivity contribution in [1.29, 1.82) is 0 Å². The Morgan fingerprint density at radius 3 is 2.92 bits per heavy atom. The molecule has 4 heterocycles. The van der Waals surface area contributed by atoms with Gasteiger partial charge in [0.15, 0.2) is 5.82 Å². The number of aromatic amines is 1. The molecule has 0 radical (unpaired) electrons. The molecule has 24 heavy (non-hydrogen) atoms. The molecule has 122 valence electrons. The Labute approximate surface area is 139 Å². The van der Waals surface area contributed by atoms with Gasteiger partial charge in [-0.1, -0.05) is 0 Å². The van der Waals surface area contributed by atoms with Crippen LogP contribution in [0.25, 0.3) is 11.4 Å². The smallest absolute Gasteiger partial charge is 0.161 e. The van der Waals surface area contributed by atoms with E-state index in [1.165, 1.54) is 6.33 Å². The fourth-order valence-corrected chi connectivity index (χ4v) is 2.81. The summed E-state index contributed by atoms with van der Waals surface area (Å²) in [5.41, 5.74) is 1.86. The van der Waals surface area contributed by atoms with Crippen LogP contribution in [-0.4, -0.2) is 49.9 Å². The fraction of sp³-hybridized carbons (Fsp3) is 0.312. The van der Waals surface area contributed by atoms with Gasteiger partial charge >= 0.3 is 0 Å². The van der Waals surface area contributed by atoms with Crippen LogP contribution in [0.2, 0.25) is 0 Å². The summed E-state index contributed by atoms with van der Waals surface area (Å²) in [5, 5.41) is 6.88. The lowest BCUT2D eigenvalue weighted by Crippen LogP contribution is -2.40. The van der Waals surface area contributed by atoms with Crippen LogP contribution in [0, 0.1) is 6.92 Å². The lowest BCUT2D eigenvalue weighted by molar-refractivity contribution is 0.0914. The van der Waals surface area contributed by atoms with E-state index >= 15 is 0 Å². The third-order valence-corrected chi connectivity index (χ3v) is 3.95. The van der Waals surface area contributed by atoms with Crippen molar-refractivity contribution in [3.63, 3.8) is 0 Å². The predicted octanol–water partition coefficient (Wildman–Crippen LogP) is 1.54. The van der Waals surface area contributed by atoms with Crippen LogP contribution in [-0.2, 0) is 4.74 Å². The first kappa shape index (κ1) is 14.7. The molecule has 8 heteroatoms. The van der Waals surface area contributed by atoms with Gasteiger partial charge in [0.25, 0.3) is 0 Å². The molecule has 0 bridgehead atoms. The second kappa shape index (κ2) is 6.32. The van der Waals surface area contributed by atoms with Gasteiger partial charge in [-0.3, -0.25) is 10.1 Å². The van der Waals surface area contributed by atoms with Crippen LogP contribution in [0.15, 0.2) is 36.9 Å². The van der Waals surface area contributed by atoms with Crippen molar-refractivity contribution in [3.05, 3.63) is 48.4 Å². The van der Waals surface area contributed by atoms with Crippen molar-refractivity contribution < 1.29 is 4.74 Å². The number of aromatic nitrogens is 6. The number of rotatable bonds is 3. The highest BCUT2D eigenvalue weighted by molar-refractivity contribution is 5.57. The predicted molar refractivity (Wildman–Crippen MR) is 87.3 cm³/mol. The molecule has 0 aliphatic carbocycles. The summed E-state index contributed by atoms with van der Waals surface area (Å²) in [6.45, 7) is 3.90. The minimum atomic E-state index is -0.0409. The summed E-state index contributed by atoms with van der Waals surface area (Å²) in [4.78, 5) is 19.8. The average Bonchev–Trinajstić information content (AvgIpc) is 3.16. The molecule has 1 saturated heterocycles. The minimum absolute atomic E-state index is 0.0409. The molecule has 1 unspecified atom stereocenters. The number of ether oxygens (including phenoxy) is 1. The Bertz CT molecular complexity index is 807. The van der Waals surface area contributed by atoms with E-state index < -0.39 is 0 Å². The van der Waals surface area contributed by atoms with Crippen molar-refractivity contribution in [2.75, 3.05) is 24.7 Å². The zero-order valence-corrected chi connectivity index (χ0v) is 13.3. The van der Waals surface area contributed by atoms with Gasteiger partial charge in [-0.15, -0.1) is 0 Å². The monoisotopic (exact) mass is 323 g/mol. The van der Waals surface area contributed by atoms with Crippen LogP contribution in [0.1, 0.15) is 17.6 Å². The fourth-order valence-electron chi connectivity index (χ4n) is 2.81. The number of aryl methyl sites for hydroxylation is 1. The van der Waals surface area contributed by atoms with Gasteiger partial charge in [0, 0.05) is 36.3 Å². The molecule has 1 aliphatic rings. The standard InChI is InChI=1S/C16H17N7O/c1-11-8-14(21-15(20-11)12-2-4-17-5-3-12)23-6-7-24-9-13(23)16-18-10-19-22-16/h2-5,8,10,13H,6-7,9H2,1H3,(H,18,19,22). The van der Waals surface area contributed by atoms with Crippen LogP contribution < -0.4 is 4.90 Å². The summed E-state index contributed by atoms with van der Waals surface area (Å²) in [5.74, 6) is 2.32. The van der Waals surface area contributed by atoms with Crippen LogP contribution in [0.3, 0.4) is 0 Å². The first-order valence-corrected chi connectivity index (χ1v) is 7.77. The van der Waals surface area contributed by atoms with Crippen molar-refractivity contribution in [2.45, 2.75) is 13.0 Å². The number of hydrogen-bond donors (Lipinski definition) is 1. The number of pyridine rings is 1. The number of hydrogen-bond acceptors (Lipinski definition) is 7. The SMILES string of the molecule is Cc1cc(N2CCOCC2c2ncn[nH]2)nc(-c2ccncc2)n1. The normalized spacial score (nSPS) is 17.9. The molecular formula is C16H17N7O. The highest BCUT2D eigenvalue weighted by Gasteiger charge is 2.28. The third kappa shape index (κ3) is 2.83. The second-order valence-corrected chi connectivity index (χ2v) is 5.58. The summed E-state index contributed by atoms with van der Waals surface area (Å²) >= 11 is 0. The maximum Gasteiger partial charge on any atom is 0.161 e. The molecule has 1 atom stereocenters. The zero-order valence-electron chi connectivity index (χ0n) is 13.3. The Kier molecular flexibility index (Phi) is 3.87. The first-order valence-electron chi connectivity index (χ1n) is 7.77. The van der Waals surface area contributed by atoms with Gasteiger partial charge in [-0.2, -0.15) is 5.10 Å². The summed E-state index contributed by atoms with van der Waals surface area (Å²) in [7, 11) is 0. The topological polar surface area (TPSA) is 92.7 Å². The van der Waals surface area contributed by atoms with E-state index in [0.717, 1.165) is 29.4 Å². The number of H-pyrrole nitrogens is 1. The van der Waals surface area contributed by atoms with E-state index in [9.17, 15) is 0 Å². The molecule has 0 saturated carbocycles. The van der Waals surface area contributed by atoms with Gasteiger partial charge in [0.05, 0.1) is 13.2 Å². The zero-order chi connectivity index (χ0) is 16.4. The molecule has 1 N–H and O–H groups in total. The van der Waals surface area contributed by atoms with Gasteiger partial charge in [0.2, 0.25) is 0 Å². The Morgan fingerprint density at radius 1 is 1.25 bits per heavy atom. The Balaban J connectivity index is 1.73. The van der Waals surface area contributed by atoms with E-state index in [1.54, 1.807) is 12.4 Å². The van der Waals surface area contributed by atoms with Crippen molar-refractivity contribution in [1.82, 2.24) is 30.1 Å². The highest BCUT2D eigenvalue weighted by Crippen LogP contribution is 2.28. The van der Waals surface area contributed by atoms with E-state index in [4.69, 9.17) is 9.72 Å². The average molecular weight is 323 g/mol. The van der Waals surface area contributed by atoms with Crippen molar-refractivity contribution >= 4 is 5.82 Å². The molecule has 1 fully saturated rings. The molecule has 0 aromatic carbocycles. The van der Waals surface area contributed by atoms with E-state index in [2.05, 4.69) is 30.0 Å². The van der Waals surface area contributed by atoms with Gasteiger partial charge in [-0.25, -0.2) is 15.0 Å². The van der Waals surface area contributed by atoms with Crippen molar-refractivity contribution in [2.24, 2.45) is 0 Å². The van der Waals surface area contributed by atoms with Crippen LogP contribution in [0.5, 0.6) is 0 Å².